The molecule has 0 spiro atoms. The molecule has 0 bridgehead atoms. The molecule has 78 valence electrons. The summed E-state index contributed by atoms with van der Waals surface area (Å²) in [6, 6.07) is 7.61. The molecule has 0 aliphatic carbocycles. The Balaban J connectivity index is 2.64. The summed E-state index contributed by atoms with van der Waals surface area (Å²) < 4.78 is 5.10. The van der Waals surface area contributed by atoms with Crippen molar-refractivity contribution >= 4 is 0 Å². The van der Waals surface area contributed by atoms with Crippen LogP contribution in [0.25, 0.3) is 0 Å². The van der Waals surface area contributed by atoms with Crippen molar-refractivity contribution in [2.75, 3.05) is 7.11 Å². The highest BCUT2D eigenvalue weighted by atomic mass is 16.5. The number of hydrogen-bond donors (Lipinski definition) is 1. The van der Waals surface area contributed by atoms with Crippen LogP contribution in [-0.2, 0) is 0 Å². The topological polar surface area (TPSA) is 29.5 Å². The molecule has 1 unspecified atom stereocenters. The molecule has 0 aliphatic rings. The van der Waals surface area contributed by atoms with Crippen LogP contribution in [0, 0.1) is 0 Å². The van der Waals surface area contributed by atoms with Crippen LogP contribution in [0.4, 0.5) is 0 Å². The van der Waals surface area contributed by atoms with Gasteiger partial charge in [0.05, 0.1) is 13.2 Å². The number of aliphatic hydroxyl groups excluding tert-OH is 1. The van der Waals surface area contributed by atoms with Crippen LogP contribution in [0.5, 0.6) is 5.75 Å². The van der Waals surface area contributed by atoms with Gasteiger partial charge in [-0.3, -0.25) is 0 Å². The third-order valence-electron chi connectivity index (χ3n) is 2.31. The van der Waals surface area contributed by atoms with E-state index in [2.05, 4.69) is 6.92 Å². The first-order valence-electron chi connectivity index (χ1n) is 5.10. The molecule has 1 rings (SSSR count). The second-order valence-corrected chi connectivity index (χ2v) is 3.43. The predicted octanol–water partition coefficient (Wildman–Crippen LogP) is 2.92. The van der Waals surface area contributed by atoms with E-state index in [1.54, 1.807) is 7.11 Å². The summed E-state index contributed by atoms with van der Waals surface area (Å²) in [6.07, 6.45) is 2.63. The number of methoxy groups -OCH3 is 1. The number of unbranched alkanes of at least 4 members (excludes halogenated alkanes) is 1. The number of benzene rings is 1. The second-order valence-electron chi connectivity index (χ2n) is 3.43. The minimum absolute atomic E-state index is 0.356. The van der Waals surface area contributed by atoms with Crippen LogP contribution in [-0.4, -0.2) is 12.2 Å². The van der Waals surface area contributed by atoms with Gasteiger partial charge in [0.2, 0.25) is 0 Å². The Labute approximate surface area is 85.5 Å². The van der Waals surface area contributed by atoms with E-state index in [1.165, 1.54) is 0 Å². The molecule has 2 heteroatoms. The highest BCUT2D eigenvalue weighted by molar-refractivity contribution is 5.29. The van der Waals surface area contributed by atoms with Gasteiger partial charge in [-0.2, -0.15) is 0 Å². The van der Waals surface area contributed by atoms with E-state index < -0.39 is 0 Å². The lowest BCUT2D eigenvalue weighted by atomic mass is 10.0. The zero-order valence-corrected chi connectivity index (χ0v) is 8.86. The van der Waals surface area contributed by atoms with Crippen molar-refractivity contribution in [1.82, 2.24) is 0 Å². The first kappa shape index (κ1) is 11.1. The molecule has 0 aromatic heterocycles. The molecule has 1 N–H and O–H groups in total. The van der Waals surface area contributed by atoms with Gasteiger partial charge >= 0.3 is 0 Å². The quantitative estimate of drug-likeness (QED) is 0.781. The van der Waals surface area contributed by atoms with Gasteiger partial charge in [0.15, 0.2) is 0 Å². The SMILES string of the molecule is CCCCC(O)c1cccc(OC)c1. The van der Waals surface area contributed by atoms with Gasteiger partial charge in [0.1, 0.15) is 5.75 Å². The van der Waals surface area contributed by atoms with E-state index in [9.17, 15) is 5.11 Å². The van der Waals surface area contributed by atoms with Crippen molar-refractivity contribution in [2.45, 2.75) is 32.3 Å². The average molecular weight is 194 g/mol. The van der Waals surface area contributed by atoms with Crippen LogP contribution in [0.2, 0.25) is 0 Å². The van der Waals surface area contributed by atoms with Crippen LogP contribution in [0.1, 0.15) is 37.9 Å². The largest absolute Gasteiger partial charge is 0.497 e. The van der Waals surface area contributed by atoms with E-state index in [1.807, 2.05) is 24.3 Å². The lowest BCUT2D eigenvalue weighted by Crippen LogP contribution is -1.97. The summed E-state index contributed by atoms with van der Waals surface area (Å²) in [7, 11) is 1.64. The molecule has 1 aromatic rings. The maximum absolute atomic E-state index is 9.82. The highest BCUT2D eigenvalue weighted by Crippen LogP contribution is 2.22. The minimum atomic E-state index is -0.356. The van der Waals surface area contributed by atoms with Gasteiger partial charge in [-0.05, 0) is 24.1 Å². The normalized spacial score (nSPS) is 12.5. The molecule has 0 saturated heterocycles. The maximum atomic E-state index is 9.82. The average Bonchev–Trinajstić information content (AvgIpc) is 2.26. The Bertz CT molecular complexity index is 271. The standard InChI is InChI=1S/C12H18O2/c1-3-4-8-12(13)10-6-5-7-11(9-10)14-2/h5-7,9,12-13H,3-4,8H2,1-2H3. The highest BCUT2D eigenvalue weighted by Gasteiger charge is 2.06. The van der Waals surface area contributed by atoms with Gasteiger partial charge in [-0.1, -0.05) is 31.9 Å². The van der Waals surface area contributed by atoms with Gasteiger partial charge in [0, 0.05) is 0 Å². The van der Waals surface area contributed by atoms with E-state index in [4.69, 9.17) is 4.74 Å². The van der Waals surface area contributed by atoms with Crippen molar-refractivity contribution in [1.29, 1.82) is 0 Å². The summed E-state index contributed by atoms with van der Waals surface area (Å²) in [5, 5.41) is 9.82. The minimum Gasteiger partial charge on any atom is -0.497 e. The van der Waals surface area contributed by atoms with Crippen LogP contribution >= 0.6 is 0 Å². The number of hydrogen-bond acceptors (Lipinski definition) is 2. The van der Waals surface area contributed by atoms with E-state index in [0.29, 0.717) is 0 Å². The first-order valence-corrected chi connectivity index (χ1v) is 5.10. The Hall–Kier alpha value is -1.02. The Morgan fingerprint density at radius 1 is 1.43 bits per heavy atom. The van der Waals surface area contributed by atoms with Crippen LogP contribution in [0.3, 0.4) is 0 Å². The third kappa shape index (κ3) is 3.04. The maximum Gasteiger partial charge on any atom is 0.119 e. The van der Waals surface area contributed by atoms with Crippen molar-refractivity contribution < 1.29 is 9.84 Å². The molecule has 0 heterocycles. The lowest BCUT2D eigenvalue weighted by Gasteiger charge is -2.11. The van der Waals surface area contributed by atoms with Gasteiger partial charge < -0.3 is 9.84 Å². The summed E-state index contributed by atoms with van der Waals surface area (Å²) in [4.78, 5) is 0. The Kier molecular flexibility index (Phi) is 4.47. The summed E-state index contributed by atoms with van der Waals surface area (Å²) in [5.41, 5.74) is 0.942. The first-order chi connectivity index (χ1) is 6.77. The van der Waals surface area contributed by atoms with Gasteiger partial charge in [-0.25, -0.2) is 0 Å². The molecule has 0 saturated carbocycles. The van der Waals surface area contributed by atoms with Gasteiger partial charge in [-0.15, -0.1) is 0 Å². The lowest BCUT2D eigenvalue weighted by molar-refractivity contribution is 0.164. The summed E-state index contributed by atoms with van der Waals surface area (Å²) in [5.74, 6) is 0.804. The summed E-state index contributed by atoms with van der Waals surface area (Å²) >= 11 is 0. The Morgan fingerprint density at radius 3 is 2.86 bits per heavy atom. The van der Waals surface area contributed by atoms with E-state index in [-0.39, 0.29) is 6.10 Å². The molecular formula is C12H18O2. The van der Waals surface area contributed by atoms with Crippen molar-refractivity contribution in [3.63, 3.8) is 0 Å². The van der Waals surface area contributed by atoms with Crippen LogP contribution in [0.15, 0.2) is 24.3 Å². The fourth-order valence-corrected chi connectivity index (χ4v) is 1.41. The molecule has 1 aromatic carbocycles. The number of aliphatic hydroxyl groups is 1. The zero-order valence-electron chi connectivity index (χ0n) is 8.86. The van der Waals surface area contributed by atoms with Gasteiger partial charge in [0.25, 0.3) is 0 Å². The van der Waals surface area contributed by atoms with Crippen molar-refractivity contribution in [3.05, 3.63) is 29.8 Å². The zero-order chi connectivity index (χ0) is 10.4. The molecule has 0 fully saturated rings. The van der Waals surface area contributed by atoms with Crippen molar-refractivity contribution in [3.8, 4) is 5.75 Å². The number of rotatable bonds is 5. The monoisotopic (exact) mass is 194 g/mol. The fourth-order valence-electron chi connectivity index (χ4n) is 1.41. The molecule has 14 heavy (non-hydrogen) atoms. The van der Waals surface area contributed by atoms with E-state index >= 15 is 0 Å². The van der Waals surface area contributed by atoms with Crippen molar-refractivity contribution in [2.24, 2.45) is 0 Å². The summed E-state index contributed by atoms with van der Waals surface area (Å²) in [6.45, 7) is 2.12. The third-order valence-corrected chi connectivity index (χ3v) is 2.31. The van der Waals surface area contributed by atoms with E-state index in [0.717, 1.165) is 30.6 Å². The molecular weight excluding hydrogens is 176 g/mol. The molecule has 0 aliphatic heterocycles. The Morgan fingerprint density at radius 2 is 2.21 bits per heavy atom. The fraction of sp³-hybridized carbons (Fsp3) is 0.500. The molecule has 2 nitrogen and oxygen atoms in total. The number of ether oxygens (including phenoxy) is 1. The predicted molar refractivity (Wildman–Crippen MR) is 57.5 cm³/mol. The molecule has 0 amide bonds. The smallest absolute Gasteiger partial charge is 0.119 e. The van der Waals surface area contributed by atoms with Crippen LogP contribution < -0.4 is 4.74 Å². The molecule has 1 atom stereocenters. The molecule has 0 radical (unpaired) electrons. The second kappa shape index (κ2) is 5.66.